The molecule has 2 N–H and O–H groups in total. The maximum Gasteiger partial charge on any atom is 0.341 e. The number of hydrogen-bond acceptors (Lipinski definition) is 5. The van der Waals surface area contributed by atoms with E-state index < -0.39 is 21.8 Å². The van der Waals surface area contributed by atoms with Crippen molar-refractivity contribution in [3.63, 3.8) is 0 Å². The molecular weight excluding hydrogens is 447 g/mol. The first-order valence-corrected chi connectivity index (χ1v) is 12.6. The molecule has 0 radical (unpaired) electrons. The number of carboxylic acids is 1. The largest absolute Gasteiger partial charge is 0.492 e. The first kappa shape index (κ1) is 21.9. The molecule has 1 aliphatic carbocycles. The molecule has 3 aliphatic rings. The van der Waals surface area contributed by atoms with Crippen molar-refractivity contribution in [2.45, 2.75) is 30.1 Å². The van der Waals surface area contributed by atoms with Gasteiger partial charge in [0, 0.05) is 12.5 Å². The van der Waals surface area contributed by atoms with Crippen LogP contribution in [-0.2, 0) is 10.0 Å². The zero-order valence-electron chi connectivity index (χ0n) is 18.0. The van der Waals surface area contributed by atoms with Gasteiger partial charge in [-0.2, -0.15) is 0 Å². The van der Waals surface area contributed by atoms with Gasteiger partial charge in [0.25, 0.3) is 10.0 Å². The normalized spacial score (nSPS) is 22.0. The Kier molecular flexibility index (Phi) is 5.62. The van der Waals surface area contributed by atoms with Crippen molar-refractivity contribution in [3.8, 4) is 5.75 Å². The summed E-state index contributed by atoms with van der Waals surface area (Å²) in [6.45, 7) is 3.05. The van der Waals surface area contributed by atoms with Gasteiger partial charge in [0.05, 0.1) is 17.2 Å². The van der Waals surface area contributed by atoms with Crippen molar-refractivity contribution in [1.29, 1.82) is 0 Å². The lowest BCUT2D eigenvalue weighted by Gasteiger charge is -2.21. The van der Waals surface area contributed by atoms with Gasteiger partial charge in [0.15, 0.2) is 0 Å². The summed E-state index contributed by atoms with van der Waals surface area (Å²) in [5, 5.41) is 9.82. The number of halogens is 1. The number of carbonyl (C=O) groups is 1. The number of rotatable bonds is 7. The minimum absolute atomic E-state index is 0.0725. The topological polar surface area (TPSA) is 95.9 Å². The second-order valence-electron chi connectivity index (χ2n) is 8.82. The molecule has 7 nitrogen and oxygen atoms in total. The van der Waals surface area contributed by atoms with Crippen LogP contribution in [0.15, 0.2) is 41.3 Å². The first-order valence-electron chi connectivity index (χ1n) is 11.1. The van der Waals surface area contributed by atoms with Gasteiger partial charge < -0.3 is 9.84 Å². The molecule has 0 unspecified atom stereocenters. The number of ether oxygens (including phenoxy) is 1. The Morgan fingerprint density at radius 1 is 1.24 bits per heavy atom. The van der Waals surface area contributed by atoms with Gasteiger partial charge in [0.2, 0.25) is 0 Å². The Balaban J connectivity index is 1.46. The van der Waals surface area contributed by atoms with E-state index in [1.807, 2.05) is 6.08 Å². The molecule has 2 aromatic rings. The molecule has 2 aliphatic heterocycles. The van der Waals surface area contributed by atoms with Crippen LogP contribution in [0.3, 0.4) is 0 Å². The van der Waals surface area contributed by atoms with Crippen molar-refractivity contribution >= 4 is 27.8 Å². The van der Waals surface area contributed by atoms with Gasteiger partial charge in [0.1, 0.15) is 17.1 Å². The van der Waals surface area contributed by atoms with Gasteiger partial charge >= 0.3 is 5.97 Å². The maximum atomic E-state index is 13.9. The van der Waals surface area contributed by atoms with Gasteiger partial charge in [-0.1, -0.05) is 18.2 Å². The average molecular weight is 473 g/mol. The maximum absolute atomic E-state index is 13.9. The Hall–Kier alpha value is -2.91. The second kappa shape index (κ2) is 8.46. The quantitative estimate of drug-likeness (QED) is 0.634. The number of likely N-dealkylation sites (tertiary alicyclic amines) is 1. The molecule has 5 rings (SSSR count). The van der Waals surface area contributed by atoms with E-state index in [1.165, 1.54) is 12.1 Å². The fraction of sp³-hybridized carbons (Fsp3) is 0.375. The number of benzene rings is 2. The molecular formula is C24H25FN2O5S. The van der Waals surface area contributed by atoms with Gasteiger partial charge in [-0.15, -0.1) is 0 Å². The molecule has 0 spiro atoms. The number of fused-ring (bicyclic) bond motifs is 3. The number of carboxylic acid groups (broad SMARTS) is 1. The lowest BCUT2D eigenvalue weighted by Crippen LogP contribution is -2.20. The number of aromatic carboxylic acids is 1. The minimum atomic E-state index is -4.20. The summed E-state index contributed by atoms with van der Waals surface area (Å²) in [6, 6.07) is 6.63. The number of hydrogen-bond donors (Lipinski definition) is 2. The highest BCUT2D eigenvalue weighted by atomic mass is 32.2. The lowest BCUT2D eigenvalue weighted by atomic mass is 10.0. The third-order valence-corrected chi connectivity index (χ3v) is 7.97. The number of sulfonamides is 1. The van der Waals surface area contributed by atoms with Crippen LogP contribution in [0.5, 0.6) is 5.75 Å². The second-order valence-corrected chi connectivity index (χ2v) is 10.5. The molecule has 2 atom stereocenters. The highest BCUT2D eigenvalue weighted by Crippen LogP contribution is 2.55. The molecule has 9 heteroatoms. The Bertz CT molecular complexity index is 1240. The zero-order valence-corrected chi connectivity index (χ0v) is 18.8. The van der Waals surface area contributed by atoms with Crippen molar-refractivity contribution in [3.05, 3.63) is 58.9 Å². The monoisotopic (exact) mass is 472 g/mol. The molecule has 2 fully saturated rings. The van der Waals surface area contributed by atoms with E-state index in [0.717, 1.165) is 50.0 Å². The molecule has 1 saturated carbocycles. The predicted molar refractivity (Wildman–Crippen MR) is 122 cm³/mol. The highest BCUT2D eigenvalue weighted by Gasteiger charge is 2.45. The Morgan fingerprint density at radius 3 is 2.79 bits per heavy atom. The summed E-state index contributed by atoms with van der Waals surface area (Å²) in [7, 11) is -4.20. The fourth-order valence-corrected chi connectivity index (χ4v) is 5.99. The van der Waals surface area contributed by atoms with Crippen molar-refractivity contribution in [2.75, 3.05) is 31.0 Å². The summed E-state index contributed by atoms with van der Waals surface area (Å²) >= 11 is 0. The molecule has 0 bridgehead atoms. The molecule has 174 valence electrons. The molecule has 2 heterocycles. The number of nitrogens with zero attached hydrogens (tertiary/aromatic N) is 1. The van der Waals surface area contributed by atoms with E-state index in [1.54, 1.807) is 12.1 Å². The zero-order chi connectivity index (χ0) is 23.2. The predicted octanol–water partition coefficient (Wildman–Crippen LogP) is 3.93. The van der Waals surface area contributed by atoms with Crippen molar-refractivity contribution in [1.82, 2.24) is 4.90 Å². The van der Waals surface area contributed by atoms with Gasteiger partial charge in [-0.25, -0.2) is 17.6 Å². The third kappa shape index (κ3) is 4.35. The molecule has 0 aromatic heterocycles. The number of nitrogens with one attached hydrogen (secondary N) is 1. The SMILES string of the molecule is O=C(O)c1c(NS(=O)(=O)c2ccc(F)cc2/C=C\CN2CCCC2)ccc2c1OC[C@@H]1C[C@H]21. The van der Waals surface area contributed by atoms with Crippen LogP contribution < -0.4 is 9.46 Å². The molecule has 2 aromatic carbocycles. The highest BCUT2D eigenvalue weighted by molar-refractivity contribution is 7.92. The van der Waals surface area contributed by atoms with Crippen molar-refractivity contribution < 1.29 is 27.4 Å². The van der Waals surface area contributed by atoms with E-state index in [4.69, 9.17) is 4.74 Å². The summed E-state index contributed by atoms with van der Waals surface area (Å²) in [5.74, 6) is -0.931. The Labute approximate surface area is 191 Å². The van der Waals surface area contributed by atoms with E-state index >= 15 is 0 Å². The van der Waals surface area contributed by atoms with Crippen LogP contribution in [0.4, 0.5) is 10.1 Å². The van der Waals surface area contributed by atoms with Crippen LogP contribution in [0.2, 0.25) is 0 Å². The standard InChI is InChI=1S/C24H25FN2O5S/c25-17-5-8-21(15(12-17)4-3-11-27-9-1-2-10-27)33(30,31)26-20-7-6-18-19-13-16(19)14-32-23(18)22(20)24(28)29/h3-8,12,16,19,26H,1-2,9-11,13-14H2,(H,28,29)/b4-3-/t16-,19-/m0/s1. The average Bonchev–Trinajstić information content (AvgIpc) is 3.38. The van der Waals surface area contributed by atoms with Crippen molar-refractivity contribution in [2.24, 2.45) is 5.92 Å². The van der Waals surface area contributed by atoms with E-state index in [-0.39, 0.29) is 33.4 Å². The summed E-state index contributed by atoms with van der Waals surface area (Å²) in [6.07, 6.45) is 6.63. The molecule has 33 heavy (non-hydrogen) atoms. The molecule has 0 amide bonds. The summed E-state index contributed by atoms with van der Waals surface area (Å²) < 4.78 is 48.5. The third-order valence-electron chi connectivity index (χ3n) is 6.53. The summed E-state index contributed by atoms with van der Waals surface area (Å²) in [5.41, 5.74) is 0.735. The lowest BCUT2D eigenvalue weighted by molar-refractivity contribution is 0.0692. The van der Waals surface area contributed by atoms with Crippen LogP contribution in [0.1, 0.15) is 46.7 Å². The smallest absolute Gasteiger partial charge is 0.341 e. The van der Waals surface area contributed by atoms with Crippen LogP contribution >= 0.6 is 0 Å². The first-order chi connectivity index (χ1) is 15.8. The summed E-state index contributed by atoms with van der Waals surface area (Å²) in [4.78, 5) is 14.1. The number of anilines is 1. The van der Waals surface area contributed by atoms with Gasteiger partial charge in [-0.05, 0) is 73.7 Å². The van der Waals surface area contributed by atoms with Crippen LogP contribution in [0.25, 0.3) is 6.08 Å². The van der Waals surface area contributed by atoms with Crippen LogP contribution in [-0.4, -0.2) is 50.6 Å². The molecule has 1 saturated heterocycles. The van der Waals surface area contributed by atoms with Gasteiger partial charge in [-0.3, -0.25) is 9.62 Å². The Morgan fingerprint density at radius 2 is 2.03 bits per heavy atom. The van der Waals surface area contributed by atoms with E-state index in [9.17, 15) is 22.7 Å². The van der Waals surface area contributed by atoms with E-state index in [0.29, 0.717) is 19.1 Å². The van der Waals surface area contributed by atoms with E-state index in [2.05, 4.69) is 9.62 Å². The minimum Gasteiger partial charge on any atom is -0.492 e. The van der Waals surface area contributed by atoms with Crippen LogP contribution in [0, 0.1) is 11.7 Å². The fourth-order valence-electron chi connectivity index (χ4n) is 4.73.